The second-order valence-electron chi connectivity index (χ2n) is 7.86. The maximum absolute atomic E-state index is 12.8. The van der Waals surface area contributed by atoms with Crippen LogP contribution < -0.4 is 4.74 Å². The largest absolute Gasteiger partial charge is 0.497 e. The van der Waals surface area contributed by atoms with E-state index in [1.54, 1.807) is 67.8 Å². The van der Waals surface area contributed by atoms with Gasteiger partial charge in [-0.2, -0.15) is 0 Å². The Labute approximate surface area is 211 Å². The summed E-state index contributed by atoms with van der Waals surface area (Å²) in [5.41, 5.74) is 2.90. The fourth-order valence-electron chi connectivity index (χ4n) is 3.45. The molecule has 1 N–H and O–H groups in total. The molecule has 36 heavy (non-hydrogen) atoms. The molecule has 1 aliphatic rings. The second-order valence-corrected chi connectivity index (χ2v) is 8.86. The van der Waals surface area contributed by atoms with Crippen molar-refractivity contribution in [2.45, 2.75) is 6.54 Å². The lowest BCUT2D eigenvalue weighted by Crippen LogP contribution is -2.27. The summed E-state index contributed by atoms with van der Waals surface area (Å²) in [6, 6.07) is 20.1. The van der Waals surface area contributed by atoms with E-state index in [-0.39, 0.29) is 23.1 Å². The molecule has 1 fully saturated rings. The Morgan fingerprint density at radius 3 is 2.11 bits per heavy atom. The van der Waals surface area contributed by atoms with Crippen molar-refractivity contribution < 1.29 is 29.0 Å². The molecule has 8 heteroatoms. The number of methoxy groups -OCH3 is 1. The van der Waals surface area contributed by atoms with Crippen molar-refractivity contribution in [3.05, 3.63) is 112 Å². The highest BCUT2D eigenvalue weighted by Gasteiger charge is 2.34. The molecule has 7 nitrogen and oxygen atoms in total. The number of allylic oxidation sites excluding steroid dienone is 1. The number of hydrogen-bond acceptors (Lipinski definition) is 6. The Hall–Kier alpha value is -4.43. The number of ether oxygens (including phenoxy) is 1. The quantitative estimate of drug-likeness (QED) is 0.321. The summed E-state index contributed by atoms with van der Waals surface area (Å²) < 4.78 is 5.10. The van der Waals surface area contributed by atoms with Gasteiger partial charge in [0.05, 0.1) is 24.1 Å². The predicted molar refractivity (Wildman–Crippen MR) is 138 cm³/mol. The van der Waals surface area contributed by atoms with E-state index in [1.165, 1.54) is 18.2 Å². The van der Waals surface area contributed by atoms with Crippen LogP contribution in [0.15, 0.2) is 83.8 Å². The molecule has 0 saturated carbocycles. The number of benzene rings is 3. The van der Waals surface area contributed by atoms with E-state index in [4.69, 9.17) is 9.84 Å². The molecule has 1 saturated heterocycles. The minimum absolute atomic E-state index is 0.0634. The SMILES string of the molecule is COc1ccc(C(=O)/C=C/c2ccc(/C=C3\SC(=O)N(Cc4ccc(C(=O)O)cc4)C3=O)cc2)cc1. The molecule has 3 aromatic carbocycles. The molecule has 180 valence electrons. The normalized spacial score (nSPS) is 14.6. The van der Waals surface area contributed by atoms with Gasteiger partial charge in [-0.3, -0.25) is 19.3 Å². The number of thioether (sulfide) groups is 1. The molecule has 0 spiro atoms. The maximum atomic E-state index is 12.8. The standard InChI is InChI=1S/C28H21NO6S/c1-35-23-13-11-21(12-14-23)24(30)15-8-18-2-4-19(5-3-18)16-25-26(31)29(28(34)36-25)17-20-6-9-22(10-7-20)27(32)33/h2-16H,17H2,1H3,(H,32,33)/b15-8+,25-16-. The highest BCUT2D eigenvalue weighted by atomic mass is 32.2. The number of carbonyl (C=O) groups is 4. The summed E-state index contributed by atoms with van der Waals surface area (Å²) in [5, 5.41) is 8.62. The van der Waals surface area contributed by atoms with Gasteiger partial charge in [-0.1, -0.05) is 42.5 Å². The van der Waals surface area contributed by atoms with Gasteiger partial charge in [-0.25, -0.2) is 4.79 Å². The number of ketones is 1. The highest BCUT2D eigenvalue weighted by molar-refractivity contribution is 8.18. The average Bonchev–Trinajstić information content (AvgIpc) is 3.15. The molecular weight excluding hydrogens is 478 g/mol. The molecule has 0 bridgehead atoms. The number of carboxylic acids is 1. The van der Waals surface area contributed by atoms with Gasteiger partial charge in [0.2, 0.25) is 0 Å². The number of nitrogens with zero attached hydrogens (tertiary/aromatic N) is 1. The maximum Gasteiger partial charge on any atom is 0.335 e. The molecule has 0 aliphatic carbocycles. The Morgan fingerprint density at radius 1 is 0.889 bits per heavy atom. The first-order valence-corrected chi connectivity index (χ1v) is 11.7. The van der Waals surface area contributed by atoms with Gasteiger partial charge in [0.25, 0.3) is 11.1 Å². The number of carbonyl (C=O) groups excluding carboxylic acids is 3. The third-order valence-corrected chi connectivity index (χ3v) is 6.36. The fourth-order valence-corrected chi connectivity index (χ4v) is 4.29. The fraction of sp³-hybridized carbons (Fsp3) is 0.0714. The summed E-state index contributed by atoms with van der Waals surface area (Å²) in [7, 11) is 1.57. The summed E-state index contributed by atoms with van der Waals surface area (Å²) in [4.78, 5) is 50.0. The number of carboxylic acid groups (broad SMARTS) is 1. The van der Waals surface area contributed by atoms with Gasteiger partial charge in [-0.05, 0) is 77.0 Å². The molecule has 0 atom stereocenters. The number of hydrogen-bond donors (Lipinski definition) is 1. The van der Waals surface area contributed by atoms with Crippen molar-refractivity contribution in [2.24, 2.45) is 0 Å². The lowest BCUT2D eigenvalue weighted by molar-refractivity contribution is -0.123. The van der Waals surface area contributed by atoms with E-state index >= 15 is 0 Å². The van der Waals surface area contributed by atoms with Crippen molar-refractivity contribution in [3.8, 4) is 5.75 Å². The Balaban J connectivity index is 1.40. The number of rotatable bonds is 8. The topological polar surface area (TPSA) is 101 Å². The Kier molecular flexibility index (Phi) is 7.46. The van der Waals surface area contributed by atoms with Crippen LogP contribution in [0.3, 0.4) is 0 Å². The zero-order valence-corrected chi connectivity index (χ0v) is 20.0. The summed E-state index contributed by atoms with van der Waals surface area (Å²) >= 11 is 0.859. The number of imide groups is 1. The molecule has 0 radical (unpaired) electrons. The van der Waals surface area contributed by atoms with Crippen molar-refractivity contribution in [1.82, 2.24) is 4.90 Å². The van der Waals surface area contributed by atoms with Gasteiger partial charge >= 0.3 is 5.97 Å². The highest BCUT2D eigenvalue weighted by Crippen LogP contribution is 2.33. The van der Waals surface area contributed by atoms with Crippen LogP contribution in [-0.4, -0.2) is 40.0 Å². The van der Waals surface area contributed by atoms with Gasteiger partial charge in [0, 0.05) is 5.56 Å². The van der Waals surface area contributed by atoms with Crippen molar-refractivity contribution in [1.29, 1.82) is 0 Å². The van der Waals surface area contributed by atoms with Crippen LogP contribution in [0.5, 0.6) is 5.75 Å². The van der Waals surface area contributed by atoms with Crippen LogP contribution in [-0.2, 0) is 11.3 Å². The first-order valence-electron chi connectivity index (χ1n) is 10.9. The summed E-state index contributed by atoms with van der Waals surface area (Å²) in [6.45, 7) is 0.0634. The van der Waals surface area contributed by atoms with Gasteiger partial charge in [0.1, 0.15) is 5.75 Å². The molecule has 3 aromatic rings. The Bertz CT molecular complexity index is 1370. The van der Waals surface area contributed by atoms with Crippen LogP contribution in [0.4, 0.5) is 4.79 Å². The van der Waals surface area contributed by atoms with E-state index < -0.39 is 11.9 Å². The monoisotopic (exact) mass is 499 g/mol. The van der Waals surface area contributed by atoms with Crippen LogP contribution in [0.2, 0.25) is 0 Å². The zero-order valence-electron chi connectivity index (χ0n) is 19.2. The van der Waals surface area contributed by atoms with Crippen molar-refractivity contribution in [3.63, 3.8) is 0 Å². The third kappa shape index (κ3) is 5.79. The first kappa shape index (κ1) is 24.7. The molecular formula is C28H21NO6S. The van der Waals surface area contributed by atoms with Gasteiger partial charge in [-0.15, -0.1) is 0 Å². The van der Waals surface area contributed by atoms with Crippen LogP contribution in [0.25, 0.3) is 12.2 Å². The number of aromatic carboxylic acids is 1. The van der Waals surface area contributed by atoms with Crippen LogP contribution in [0, 0.1) is 0 Å². The van der Waals surface area contributed by atoms with E-state index in [2.05, 4.69) is 0 Å². The lowest BCUT2D eigenvalue weighted by atomic mass is 10.1. The van der Waals surface area contributed by atoms with Gasteiger partial charge in [0.15, 0.2) is 5.78 Å². The third-order valence-electron chi connectivity index (χ3n) is 5.45. The Morgan fingerprint density at radius 2 is 1.50 bits per heavy atom. The summed E-state index contributed by atoms with van der Waals surface area (Å²) in [5.74, 6) is -0.895. The number of amides is 2. The van der Waals surface area contributed by atoms with E-state index in [1.807, 2.05) is 12.1 Å². The molecule has 1 aliphatic heterocycles. The molecule has 0 unspecified atom stereocenters. The predicted octanol–water partition coefficient (Wildman–Crippen LogP) is 5.53. The molecule has 2 amide bonds. The minimum atomic E-state index is -1.04. The zero-order chi connectivity index (χ0) is 25.7. The van der Waals surface area contributed by atoms with Crippen LogP contribution >= 0.6 is 11.8 Å². The average molecular weight is 500 g/mol. The van der Waals surface area contributed by atoms with Crippen LogP contribution in [0.1, 0.15) is 37.4 Å². The minimum Gasteiger partial charge on any atom is -0.497 e. The lowest BCUT2D eigenvalue weighted by Gasteiger charge is -2.12. The smallest absolute Gasteiger partial charge is 0.335 e. The second kappa shape index (κ2) is 10.9. The molecule has 4 rings (SSSR count). The van der Waals surface area contributed by atoms with Gasteiger partial charge < -0.3 is 9.84 Å². The molecule has 1 heterocycles. The molecule has 0 aromatic heterocycles. The van der Waals surface area contributed by atoms with E-state index in [0.29, 0.717) is 21.8 Å². The van der Waals surface area contributed by atoms with Crippen molar-refractivity contribution >= 4 is 46.8 Å². The summed E-state index contributed by atoms with van der Waals surface area (Å²) in [6.07, 6.45) is 4.85. The van der Waals surface area contributed by atoms with E-state index in [9.17, 15) is 19.2 Å². The first-order chi connectivity index (χ1) is 17.3. The van der Waals surface area contributed by atoms with E-state index in [0.717, 1.165) is 27.8 Å². The van der Waals surface area contributed by atoms with Crippen molar-refractivity contribution in [2.75, 3.05) is 7.11 Å².